The van der Waals surface area contributed by atoms with Gasteiger partial charge in [-0.3, -0.25) is 23.9 Å². The zero-order valence-electron chi connectivity index (χ0n) is 35.5. The molecule has 0 unspecified atom stereocenters. The van der Waals surface area contributed by atoms with E-state index in [0.717, 1.165) is 49.5 Å². The van der Waals surface area contributed by atoms with Crippen molar-refractivity contribution in [2.45, 2.75) is 115 Å². The topological polar surface area (TPSA) is 152 Å². The molecule has 0 spiro atoms. The number of amides is 3. The van der Waals surface area contributed by atoms with Gasteiger partial charge in [0.2, 0.25) is 27.7 Å². The van der Waals surface area contributed by atoms with E-state index in [1.165, 1.54) is 0 Å². The number of pyridine rings is 1. The van der Waals surface area contributed by atoms with E-state index in [9.17, 15) is 27.6 Å². The van der Waals surface area contributed by atoms with Crippen molar-refractivity contribution in [3.8, 4) is 22.8 Å². The van der Waals surface area contributed by atoms with Crippen LogP contribution in [0.2, 0.25) is 0 Å². The fourth-order valence-corrected chi connectivity index (χ4v) is 11.1. The molecule has 2 aliphatic carbocycles. The highest BCUT2D eigenvalue weighted by molar-refractivity contribution is 7.90. The summed E-state index contributed by atoms with van der Waals surface area (Å²) in [6.07, 6.45) is 7.54. The zero-order valence-corrected chi connectivity index (χ0v) is 36.3. The first-order chi connectivity index (χ1) is 28.6. The summed E-state index contributed by atoms with van der Waals surface area (Å²) >= 11 is 0. The Labute approximate surface area is 354 Å². The smallest absolute Gasteiger partial charge is 0.240 e. The molecule has 4 fully saturated rings. The number of carbonyl (C=O) groups is 4. The lowest BCUT2D eigenvalue weighted by atomic mass is 9.77. The predicted molar refractivity (Wildman–Crippen MR) is 231 cm³/mol. The fraction of sp³-hybridized carbons (Fsp3) is 0.553. The number of aromatic nitrogens is 1. The maximum Gasteiger partial charge on any atom is 0.240 e. The van der Waals surface area contributed by atoms with Gasteiger partial charge in [0.1, 0.15) is 17.6 Å². The Bertz CT molecular complexity index is 2210. The highest BCUT2D eigenvalue weighted by Gasteiger charge is 2.61. The van der Waals surface area contributed by atoms with E-state index in [0.29, 0.717) is 48.6 Å². The first-order valence-electron chi connectivity index (χ1n) is 21.6. The van der Waals surface area contributed by atoms with Crippen LogP contribution >= 0.6 is 0 Å². The number of piperidine rings is 1. The molecule has 60 heavy (non-hydrogen) atoms. The molecule has 2 saturated heterocycles. The van der Waals surface area contributed by atoms with Crippen molar-refractivity contribution in [2.24, 2.45) is 22.7 Å². The number of fused-ring (bicyclic) bond motifs is 1. The van der Waals surface area contributed by atoms with Gasteiger partial charge in [0, 0.05) is 55.4 Å². The molecule has 7 rings (SSSR count). The predicted octanol–water partition coefficient (Wildman–Crippen LogP) is 7.25. The van der Waals surface area contributed by atoms with Crippen LogP contribution < -0.4 is 14.2 Å². The summed E-state index contributed by atoms with van der Waals surface area (Å²) in [7, 11) is -2.36. The van der Waals surface area contributed by atoms with Crippen molar-refractivity contribution in [1.82, 2.24) is 19.5 Å². The molecule has 3 aromatic rings. The van der Waals surface area contributed by atoms with E-state index >= 15 is 0 Å². The van der Waals surface area contributed by atoms with E-state index in [2.05, 4.69) is 11.3 Å². The number of methoxy groups -OCH3 is 1. The van der Waals surface area contributed by atoms with E-state index < -0.39 is 56.0 Å². The number of rotatable bonds is 14. The maximum atomic E-state index is 15.0. The van der Waals surface area contributed by atoms with E-state index in [1.807, 2.05) is 80.3 Å². The second kappa shape index (κ2) is 17.7. The lowest BCUT2D eigenvalue weighted by Crippen LogP contribution is -2.49. The average molecular weight is 841 g/mol. The van der Waals surface area contributed by atoms with Crippen molar-refractivity contribution in [3.05, 3.63) is 67.3 Å². The average Bonchev–Trinajstić information content (AvgIpc) is 3.81. The van der Waals surface area contributed by atoms with Crippen LogP contribution in [-0.2, 0) is 29.2 Å². The lowest BCUT2D eigenvalue weighted by molar-refractivity contribution is -0.148. The number of sulfonamides is 1. The van der Waals surface area contributed by atoms with Crippen LogP contribution in [0.4, 0.5) is 0 Å². The van der Waals surface area contributed by atoms with Gasteiger partial charge in [0.15, 0.2) is 5.78 Å². The molecule has 4 aliphatic rings. The van der Waals surface area contributed by atoms with Crippen LogP contribution in [0.3, 0.4) is 0 Å². The number of nitrogens with zero attached hydrogens (tertiary/aromatic N) is 3. The standard InChI is InChI=1S/C47H60N4O8S/c1-6-32-28-47(32,45(55)49-60(56,57)35-18-12-8-13-19-35)29-41(52)40-25-34(30-51(40)44(54)37(46(2,3)4)26-43(53)50-22-14-9-15-23-50)59-42-27-38(31-16-10-7-11-17-31)48-39-24-33(58-5)20-21-36(39)42/h6-7,10-11,16-17,20-21,24,27,32,34-35,37,40H,1,8-9,12-15,18-19,22-23,25-26,28-30H2,2-5H3,(H,49,55)/t32-,34-,37-,40+,47-/m1/s1. The molecule has 3 amide bonds. The molecular formula is C47H60N4O8S. The van der Waals surface area contributed by atoms with Crippen molar-refractivity contribution in [3.63, 3.8) is 0 Å². The maximum absolute atomic E-state index is 15.0. The molecular weight excluding hydrogens is 781 g/mol. The molecule has 1 N–H and O–H groups in total. The lowest BCUT2D eigenvalue weighted by Gasteiger charge is -2.36. The molecule has 0 bridgehead atoms. The van der Waals surface area contributed by atoms with Crippen molar-refractivity contribution < 1.29 is 37.1 Å². The Kier molecular flexibility index (Phi) is 12.8. The number of allylic oxidation sites excluding steroid dienone is 1. The van der Waals surface area contributed by atoms with Crippen LogP contribution in [0, 0.1) is 22.7 Å². The molecule has 2 aromatic carbocycles. The summed E-state index contributed by atoms with van der Waals surface area (Å²) in [6.45, 7) is 11.1. The van der Waals surface area contributed by atoms with E-state index in [-0.39, 0.29) is 49.8 Å². The molecule has 2 saturated carbocycles. The minimum absolute atomic E-state index is 0.00639. The van der Waals surface area contributed by atoms with Crippen molar-refractivity contribution in [2.75, 3.05) is 26.7 Å². The number of hydrogen-bond donors (Lipinski definition) is 1. The van der Waals surface area contributed by atoms with Gasteiger partial charge in [0.05, 0.1) is 47.5 Å². The molecule has 322 valence electrons. The summed E-state index contributed by atoms with van der Waals surface area (Å²) in [4.78, 5) is 65.8. The molecule has 5 atom stereocenters. The van der Waals surface area contributed by atoms with Crippen molar-refractivity contribution in [1.29, 1.82) is 0 Å². The number of Topliss-reactive ketones (excluding diaryl/α,β-unsaturated/α-hetero) is 1. The van der Waals surface area contributed by atoms with Gasteiger partial charge >= 0.3 is 0 Å². The zero-order chi connectivity index (χ0) is 42.8. The van der Waals surface area contributed by atoms with E-state index in [1.54, 1.807) is 18.1 Å². The first-order valence-corrected chi connectivity index (χ1v) is 23.2. The molecule has 3 heterocycles. The number of ketones is 1. The SMILES string of the molecule is C=C[C@@H]1C[C@]1(CC(=O)[C@@H]1C[C@@H](Oc2cc(-c3ccccc3)nc3cc(OC)ccc23)CN1C(=O)[C@@H](CC(=O)N1CCCCC1)C(C)(C)C)C(=O)NS(=O)(=O)C1CCCCC1. The van der Waals surface area contributed by atoms with Gasteiger partial charge in [-0.05, 0) is 62.0 Å². The van der Waals surface area contributed by atoms with Gasteiger partial charge in [-0.2, -0.15) is 0 Å². The third kappa shape index (κ3) is 9.26. The Morgan fingerprint density at radius 1 is 0.983 bits per heavy atom. The molecule has 0 radical (unpaired) electrons. The first kappa shape index (κ1) is 43.3. The number of ether oxygens (including phenoxy) is 2. The van der Waals surface area contributed by atoms with E-state index in [4.69, 9.17) is 14.5 Å². The molecule has 1 aromatic heterocycles. The monoisotopic (exact) mass is 840 g/mol. The third-order valence-corrected chi connectivity index (χ3v) is 15.1. The molecule has 13 heteroatoms. The Hall–Kier alpha value is -4.78. The van der Waals surface area contributed by atoms with Gasteiger partial charge < -0.3 is 19.3 Å². The third-order valence-electron chi connectivity index (χ3n) is 13.3. The fourth-order valence-electron chi connectivity index (χ4n) is 9.49. The van der Waals surface area contributed by atoms with Crippen LogP contribution in [0.1, 0.15) is 97.8 Å². The highest BCUT2D eigenvalue weighted by Crippen LogP contribution is 2.57. The van der Waals surface area contributed by atoms with Crippen LogP contribution in [0.25, 0.3) is 22.2 Å². The number of hydrogen-bond acceptors (Lipinski definition) is 9. The largest absolute Gasteiger partial charge is 0.497 e. The van der Waals surface area contributed by atoms with Crippen LogP contribution in [0.15, 0.2) is 67.3 Å². The second-order valence-electron chi connectivity index (χ2n) is 18.4. The summed E-state index contributed by atoms with van der Waals surface area (Å²) in [5.41, 5.74) is 0.277. The second-order valence-corrected chi connectivity index (χ2v) is 20.3. The minimum atomic E-state index is -3.95. The van der Waals surface area contributed by atoms with Crippen molar-refractivity contribution >= 4 is 44.4 Å². The number of carbonyl (C=O) groups excluding carboxylic acids is 4. The van der Waals surface area contributed by atoms with Gasteiger partial charge in [-0.25, -0.2) is 13.4 Å². The normalized spacial score (nSPS) is 24.1. The quantitative estimate of drug-likeness (QED) is 0.166. The van der Waals surface area contributed by atoms with Gasteiger partial charge in [0.25, 0.3) is 0 Å². The summed E-state index contributed by atoms with van der Waals surface area (Å²) in [6, 6.07) is 16.1. The Morgan fingerprint density at radius 3 is 2.33 bits per heavy atom. The van der Waals surface area contributed by atoms with Gasteiger partial charge in [-0.1, -0.05) is 76.4 Å². The number of benzene rings is 2. The summed E-state index contributed by atoms with van der Waals surface area (Å²) < 4.78 is 41.6. The van der Waals surface area contributed by atoms with Gasteiger partial charge in [-0.15, -0.1) is 6.58 Å². The highest BCUT2D eigenvalue weighted by atomic mass is 32.2. The van der Waals surface area contributed by atoms with Crippen LogP contribution in [0.5, 0.6) is 11.5 Å². The summed E-state index contributed by atoms with van der Waals surface area (Å²) in [5.74, 6) is -1.43. The van der Waals surface area contributed by atoms with Crippen LogP contribution in [-0.4, -0.2) is 90.8 Å². The molecule has 2 aliphatic heterocycles. The summed E-state index contributed by atoms with van der Waals surface area (Å²) in [5, 5.41) is 0.0731. The number of nitrogens with one attached hydrogen (secondary N) is 1. The Morgan fingerprint density at radius 2 is 1.68 bits per heavy atom. The molecule has 12 nitrogen and oxygen atoms in total. The minimum Gasteiger partial charge on any atom is -0.497 e. The number of likely N-dealkylation sites (tertiary alicyclic amines) is 2. The Balaban J connectivity index is 1.20.